The Labute approximate surface area is 76.5 Å². The average Bonchev–Trinajstić information content (AvgIpc) is 0.918. The summed E-state index contributed by atoms with van der Waals surface area (Å²) in [4.78, 5) is 6.99. The van der Waals surface area contributed by atoms with E-state index in [1.165, 1.54) is 0 Å². The summed E-state index contributed by atoms with van der Waals surface area (Å²) in [6.07, 6.45) is 0. The molecule has 0 aliphatic heterocycles. The van der Waals surface area contributed by atoms with Crippen LogP contribution in [0.3, 0.4) is 0 Å². The van der Waals surface area contributed by atoms with Gasteiger partial charge in [-0.05, 0) is 0 Å². The first-order valence-electron chi connectivity index (χ1n) is 0.383. The van der Waals surface area contributed by atoms with Crippen LogP contribution in [0.25, 0.3) is 0 Å². The van der Waals surface area contributed by atoms with Crippen LogP contribution in [-0.2, 0) is 21.6 Å². The van der Waals surface area contributed by atoms with Gasteiger partial charge in [0.15, 0.2) is 0 Å². The fraction of sp³-hybridized carbons (Fsp3) is 0. The van der Waals surface area contributed by atoms with E-state index in [4.69, 9.17) is 9.46 Å². The maximum atomic E-state index is 8.46. The fourth-order valence-electron chi connectivity index (χ4n) is 0. The molecule has 0 saturated carbocycles. The van der Waals surface area contributed by atoms with E-state index >= 15 is 0 Å². The standard InChI is InChI=1S/ClH.Cu.Na.HO2P.H/c;;;1-3-2;/h1H;;;(H,1,2);. The third kappa shape index (κ3) is 39.8. The minimum atomic E-state index is -0.833. The minimum absolute atomic E-state index is 0. The molecule has 0 heterocycles. The molecule has 0 bridgehead atoms. The van der Waals surface area contributed by atoms with E-state index in [1.807, 2.05) is 0 Å². The second kappa shape index (κ2) is 28.7. The molecule has 39 valence electrons. The number of hydrogen-bond donors (Lipinski definition) is 1. The van der Waals surface area contributed by atoms with E-state index in [0.717, 1.165) is 0 Å². The van der Waals surface area contributed by atoms with Crippen molar-refractivity contribution in [1.82, 2.24) is 0 Å². The summed E-state index contributed by atoms with van der Waals surface area (Å²) in [6, 6.07) is 0. The van der Waals surface area contributed by atoms with Crippen LogP contribution in [0, 0.1) is 0 Å². The molecule has 1 N–H and O–H groups in total. The van der Waals surface area contributed by atoms with E-state index in [0.29, 0.717) is 0 Å². The SMILES string of the molecule is Cl.O=PO.[Cu].[NaH]. The van der Waals surface area contributed by atoms with Gasteiger partial charge in [0.2, 0.25) is 0 Å². The average molecular weight is 188 g/mol. The van der Waals surface area contributed by atoms with Crippen LogP contribution < -0.4 is 0 Å². The summed E-state index contributed by atoms with van der Waals surface area (Å²) in [5, 5.41) is 0. The molecule has 0 aromatic rings. The Morgan fingerprint density at radius 1 is 1.50 bits per heavy atom. The molecule has 0 aliphatic rings. The predicted molar refractivity (Wildman–Crippen MR) is 24.2 cm³/mol. The molecule has 0 aromatic carbocycles. The van der Waals surface area contributed by atoms with E-state index in [9.17, 15) is 0 Å². The molecular weight excluding hydrogens is 185 g/mol. The van der Waals surface area contributed by atoms with Crippen molar-refractivity contribution in [3.8, 4) is 0 Å². The van der Waals surface area contributed by atoms with Gasteiger partial charge in [0.05, 0.1) is 0 Å². The Kier molecular flexibility index (Phi) is 119. The summed E-state index contributed by atoms with van der Waals surface area (Å²) in [5.74, 6) is 0. The second-order valence-corrected chi connectivity index (χ2v) is 0.245. The van der Waals surface area contributed by atoms with Crippen molar-refractivity contribution >= 4 is 50.7 Å². The summed E-state index contributed by atoms with van der Waals surface area (Å²) >= 11 is 0. The van der Waals surface area contributed by atoms with E-state index in [1.54, 1.807) is 0 Å². The van der Waals surface area contributed by atoms with Crippen molar-refractivity contribution in [2.24, 2.45) is 0 Å². The molecule has 0 aliphatic carbocycles. The van der Waals surface area contributed by atoms with Crippen molar-refractivity contribution in [1.29, 1.82) is 0 Å². The van der Waals surface area contributed by atoms with E-state index in [-0.39, 0.29) is 59.0 Å². The number of hydrogen-bond acceptors (Lipinski definition) is 1. The molecule has 0 rings (SSSR count). The molecule has 0 unspecified atom stereocenters. The third-order valence-corrected chi connectivity index (χ3v) is 0. The van der Waals surface area contributed by atoms with Gasteiger partial charge in [-0.15, -0.1) is 12.4 Å². The van der Waals surface area contributed by atoms with Crippen LogP contribution in [-0.4, -0.2) is 34.5 Å². The zero-order chi connectivity index (χ0) is 2.71. The van der Waals surface area contributed by atoms with Gasteiger partial charge in [-0.3, -0.25) is 0 Å². The first kappa shape index (κ1) is 24.8. The van der Waals surface area contributed by atoms with Gasteiger partial charge in [0.25, 0.3) is 0 Å². The molecule has 6 heteroatoms. The van der Waals surface area contributed by atoms with Gasteiger partial charge in [-0.2, -0.15) is 0 Å². The molecule has 0 fully saturated rings. The van der Waals surface area contributed by atoms with Crippen LogP contribution in [0.2, 0.25) is 0 Å². The Balaban J connectivity index is -0.00000000667. The van der Waals surface area contributed by atoms with Crippen molar-refractivity contribution in [2.75, 3.05) is 0 Å². The Bertz CT molecular complexity index is 21.0. The normalized spacial score (nSPS) is 3.50. The quantitative estimate of drug-likeness (QED) is 0.427. The number of halogens is 1. The Morgan fingerprint density at radius 2 is 1.50 bits per heavy atom. The molecule has 0 atom stereocenters. The van der Waals surface area contributed by atoms with Gasteiger partial charge in [0, 0.05) is 17.1 Å². The Hall–Kier alpha value is 1.87. The third-order valence-electron chi connectivity index (χ3n) is 0. The van der Waals surface area contributed by atoms with Crippen LogP contribution in [0.1, 0.15) is 0 Å². The van der Waals surface area contributed by atoms with Gasteiger partial charge in [0.1, 0.15) is 0 Å². The second-order valence-electron chi connectivity index (χ2n) is 0.0816. The van der Waals surface area contributed by atoms with Crippen molar-refractivity contribution in [3.05, 3.63) is 0 Å². The summed E-state index contributed by atoms with van der Waals surface area (Å²) < 4.78 is 8.46. The molecule has 0 aromatic heterocycles. The summed E-state index contributed by atoms with van der Waals surface area (Å²) in [7, 11) is -0.833. The molecule has 0 amide bonds. The van der Waals surface area contributed by atoms with Crippen LogP contribution in [0.5, 0.6) is 0 Å². The molecule has 2 nitrogen and oxygen atoms in total. The molecule has 0 saturated heterocycles. The first-order valence-corrected chi connectivity index (χ1v) is 1.15. The first-order chi connectivity index (χ1) is 1.41. The molecular formula is H3ClCuNaO2P. The summed E-state index contributed by atoms with van der Waals surface area (Å²) in [5.41, 5.74) is 0. The van der Waals surface area contributed by atoms with Crippen molar-refractivity contribution in [3.63, 3.8) is 0 Å². The van der Waals surface area contributed by atoms with Gasteiger partial charge < -0.3 is 4.89 Å². The Morgan fingerprint density at radius 3 is 1.50 bits per heavy atom. The monoisotopic (exact) mass is 187 g/mol. The maximum absolute atomic E-state index is 8.46. The van der Waals surface area contributed by atoms with Gasteiger partial charge in [-0.1, -0.05) is 0 Å². The molecule has 1 radical (unpaired) electrons. The zero-order valence-electron chi connectivity index (χ0n) is 2.01. The van der Waals surface area contributed by atoms with E-state index in [2.05, 4.69) is 0 Å². The predicted octanol–water partition coefficient (Wildman–Crippen LogP) is -0.0438. The summed E-state index contributed by atoms with van der Waals surface area (Å²) in [6.45, 7) is 0. The van der Waals surface area contributed by atoms with Crippen LogP contribution in [0.4, 0.5) is 0 Å². The van der Waals surface area contributed by atoms with Gasteiger partial charge in [-0.25, -0.2) is 4.57 Å². The van der Waals surface area contributed by atoms with Gasteiger partial charge >= 0.3 is 38.2 Å². The fourth-order valence-corrected chi connectivity index (χ4v) is 0. The molecule has 0 spiro atoms. The van der Waals surface area contributed by atoms with E-state index < -0.39 is 8.69 Å². The van der Waals surface area contributed by atoms with Crippen molar-refractivity contribution in [2.45, 2.75) is 0 Å². The van der Waals surface area contributed by atoms with Crippen molar-refractivity contribution < 1.29 is 26.5 Å². The molecule has 6 heavy (non-hydrogen) atoms. The van der Waals surface area contributed by atoms with Crippen LogP contribution >= 0.6 is 21.1 Å². The van der Waals surface area contributed by atoms with Crippen LogP contribution in [0.15, 0.2) is 0 Å². The topological polar surface area (TPSA) is 37.3 Å². The zero-order valence-corrected chi connectivity index (χ0v) is 4.67. The number of rotatable bonds is 0.